The molecule has 1 aromatic carbocycles. The number of nitrogens with zero attached hydrogens (tertiary/aromatic N) is 3. The van der Waals surface area contributed by atoms with Crippen LogP contribution in [0.15, 0.2) is 18.2 Å². The molecule has 33 heavy (non-hydrogen) atoms. The van der Waals surface area contributed by atoms with Gasteiger partial charge in [-0.2, -0.15) is 0 Å². The van der Waals surface area contributed by atoms with Crippen LogP contribution in [0.25, 0.3) is 0 Å². The highest BCUT2D eigenvalue weighted by Crippen LogP contribution is 2.29. The Bertz CT molecular complexity index is 985. The molecule has 1 saturated carbocycles. The SMILES string of the molecule is CC(=O)c1ccc(N2CCN(CC(=O)N(C3CCCCC3)[C@@H]3CCS(=O)(=O)C3)CC2)c(F)c1. The average Bonchev–Trinajstić information content (AvgIpc) is 3.14. The number of Topliss-reactive ketones (excluding diaryl/α,β-unsaturated/α-hetero) is 1. The second-order valence-electron chi connectivity index (χ2n) is 9.64. The first-order valence-corrected chi connectivity index (χ1v) is 13.8. The number of carbonyl (C=O) groups is 2. The fraction of sp³-hybridized carbons (Fsp3) is 0.667. The van der Waals surface area contributed by atoms with Crippen LogP contribution in [0.5, 0.6) is 0 Å². The van der Waals surface area contributed by atoms with E-state index in [-0.39, 0.29) is 41.8 Å². The van der Waals surface area contributed by atoms with Gasteiger partial charge in [-0.25, -0.2) is 12.8 Å². The minimum atomic E-state index is -3.07. The summed E-state index contributed by atoms with van der Waals surface area (Å²) in [6, 6.07) is 4.51. The quantitative estimate of drug-likeness (QED) is 0.584. The number of piperazine rings is 1. The van der Waals surface area contributed by atoms with Crippen LogP contribution in [0.1, 0.15) is 55.8 Å². The Kier molecular flexibility index (Phi) is 7.38. The number of sulfone groups is 1. The van der Waals surface area contributed by atoms with E-state index in [0.29, 0.717) is 43.9 Å². The van der Waals surface area contributed by atoms with Gasteiger partial charge < -0.3 is 9.80 Å². The summed E-state index contributed by atoms with van der Waals surface area (Å²) in [4.78, 5) is 30.8. The smallest absolute Gasteiger partial charge is 0.237 e. The molecule has 0 aromatic heterocycles. The summed E-state index contributed by atoms with van der Waals surface area (Å²) >= 11 is 0. The molecule has 0 spiro atoms. The molecule has 3 fully saturated rings. The maximum absolute atomic E-state index is 14.5. The first-order chi connectivity index (χ1) is 15.7. The number of amides is 1. The maximum atomic E-state index is 14.5. The van der Waals surface area contributed by atoms with Gasteiger partial charge in [-0.05, 0) is 44.4 Å². The summed E-state index contributed by atoms with van der Waals surface area (Å²) in [5, 5.41) is 0. The number of halogens is 1. The van der Waals surface area contributed by atoms with Crippen LogP contribution in [0.2, 0.25) is 0 Å². The van der Waals surface area contributed by atoms with Crippen molar-refractivity contribution in [3.05, 3.63) is 29.6 Å². The van der Waals surface area contributed by atoms with Gasteiger partial charge in [0.25, 0.3) is 0 Å². The number of hydrogen-bond donors (Lipinski definition) is 0. The van der Waals surface area contributed by atoms with Crippen LogP contribution in [0, 0.1) is 5.82 Å². The minimum absolute atomic E-state index is 0.0226. The Hall–Kier alpha value is -2.00. The van der Waals surface area contributed by atoms with E-state index in [1.54, 1.807) is 12.1 Å². The molecule has 1 atom stereocenters. The van der Waals surface area contributed by atoms with Gasteiger partial charge in [-0.1, -0.05) is 19.3 Å². The van der Waals surface area contributed by atoms with Gasteiger partial charge in [0.05, 0.1) is 23.7 Å². The van der Waals surface area contributed by atoms with Gasteiger partial charge in [-0.3, -0.25) is 14.5 Å². The average molecular weight is 480 g/mol. The van der Waals surface area contributed by atoms with Crippen LogP contribution >= 0.6 is 0 Å². The molecule has 1 aromatic rings. The van der Waals surface area contributed by atoms with Crippen molar-refractivity contribution < 1.29 is 22.4 Å². The fourth-order valence-electron chi connectivity index (χ4n) is 5.46. The maximum Gasteiger partial charge on any atom is 0.237 e. The lowest BCUT2D eigenvalue weighted by atomic mass is 9.92. The van der Waals surface area contributed by atoms with Crippen molar-refractivity contribution in [1.82, 2.24) is 9.80 Å². The first-order valence-electron chi connectivity index (χ1n) is 12.0. The molecule has 2 aliphatic heterocycles. The Morgan fingerprint density at radius 2 is 1.73 bits per heavy atom. The van der Waals surface area contributed by atoms with Crippen molar-refractivity contribution in [3.8, 4) is 0 Å². The van der Waals surface area contributed by atoms with Crippen LogP contribution < -0.4 is 4.90 Å². The molecule has 0 bridgehead atoms. The van der Waals surface area contributed by atoms with E-state index in [4.69, 9.17) is 0 Å². The zero-order chi connectivity index (χ0) is 23.6. The lowest BCUT2D eigenvalue weighted by molar-refractivity contribution is -0.137. The molecule has 1 amide bonds. The highest BCUT2D eigenvalue weighted by Gasteiger charge is 2.39. The molecular formula is C24H34FN3O4S. The van der Waals surface area contributed by atoms with Gasteiger partial charge in [0, 0.05) is 43.8 Å². The van der Waals surface area contributed by atoms with E-state index in [0.717, 1.165) is 25.7 Å². The normalized spacial score (nSPS) is 24.1. The molecule has 4 rings (SSSR count). The predicted octanol–water partition coefficient (Wildman–Crippen LogP) is 2.50. The lowest BCUT2D eigenvalue weighted by Crippen LogP contribution is -2.54. The third-order valence-corrected chi connectivity index (χ3v) is 9.03. The predicted molar refractivity (Wildman–Crippen MR) is 126 cm³/mol. The zero-order valence-electron chi connectivity index (χ0n) is 19.3. The highest BCUT2D eigenvalue weighted by molar-refractivity contribution is 7.91. The third-order valence-electron chi connectivity index (χ3n) is 7.28. The summed E-state index contributed by atoms with van der Waals surface area (Å²) in [5.74, 6) is -0.298. The van der Waals surface area contributed by atoms with Gasteiger partial charge in [0.1, 0.15) is 5.82 Å². The van der Waals surface area contributed by atoms with E-state index in [1.807, 2.05) is 9.80 Å². The van der Waals surface area contributed by atoms with Crippen LogP contribution in [0.4, 0.5) is 10.1 Å². The molecule has 2 saturated heterocycles. The summed E-state index contributed by atoms with van der Waals surface area (Å²) in [5.41, 5.74) is 0.836. The van der Waals surface area contributed by atoms with E-state index in [2.05, 4.69) is 4.90 Å². The van der Waals surface area contributed by atoms with Gasteiger partial charge in [0.15, 0.2) is 15.6 Å². The molecule has 3 aliphatic rings. The van der Waals surface area contributed by atoms with E-state index in [1.165, 1.54) is 19.4 Å². The van der Waals surface area contributed by atoms with Gasteiger partial charge in [0.2, 0.25) is 5.91 Å². The van der Waals surface area contributed by atoms with Crippen molar-refractivity contribution >= 4 is 27.2 Å². The molecule has 7 nitrogen and oxygen atoms in total. The standard InChI is InChI=1S/C24H34FN3O4S/c1-18(29)19-7-8-23(22(25)15-19)27-12-10-26(11-13-27)16-24(30)28(20-5-3-2-4-6-20)21-9-14-33(31,32)17-21/h7-8,15,20-21H,2-6,9-14,16-17H2,1H3/t21-/m1/s1. The Morgan fingerprint density at radius 1 is 1.03 bits per heavy atom. The van der Waals surface area contributed by atoms with E-state index in [9.17, 15) is 22.4 Å². The van der Waals surface area contributed by atoms with Crippen LogP contribution in [-0.4, -0.2) is 86.2 Å². The molecule has 1 aliphatic carbocycles. The van der Waals surface area contributed by atoms with Gasteiger partial charge in [-0.15, -0.1) is 0 Å². The Balaban J connectivity index is 1.38. The van der Waals surface area contributed by atoms with Gasteiger partial charge >= 0.3 is 0 Å². The van der Waals surface area contributed by atoms with E-state index >= 15 is 0 Å². The molecule has 0 unspecified atom stereocenters. The van der Waals surface area contributed by atoms with Crippen molar-refractivity contribution in [1.29, 1.82) is 0 Å². The zero-order valence-corrected chi connectivity index (χ0v) is 20.2. The highest BCUT2D eigenvalue weighted by atomic mass is 32.2. The fourth-order valence-corrected chi connectivity index (χ4v) is 7.17. The van der Waals surface area contributed by atoms with Crippen LogP contribution in [0.3, 0.4) is 0 Å². The van der Waals surface area contributed by atoms with E-state index < -0.39 is 15.7 Å². The molecule has 182 valence electrons. The molecule has 2 heterocycles. The topological polar surface area (TPSA) is 78.0 Å². The number of hydrogen-bond acceptors (Lipinski definition) is 6. The monoisotopic (exact) mass is 479 g/mol. The second-order valence-corrected chi connectivity index (χ2v) is 11.9. The number of carbonyl (C=O) groups excluding carboxylic acids is 2. The summed E-state index contributed by atoms with van der Waals surface area (Å²) in [6.07, 6.45) is 5.78. The number of rotatable bonds is 6. The Morgan fingerprint density at radius 3 is 2.30 bits per heavy atom. The summed E-state index contributed by atoms with van der Waals surface area (Å²) in [6.45, 7) is 4.12. The van der Waals surface area contributed by atoms with Crippen molar-refractivity contribution in [3.63, 3.8) is 0 Å². The molecule has 0 N–H and O–H groups in total. The second kappa shape index (κ2) is 10.1. The van der Waals surface area contributed by atoms with Crippen LogP contribution in [-0.2, 0) is 14.6 Å². The van der Waals surface area contributed by atoms with Crippen molar-refractivity contribution in [2.75, 3.05) is 49.1 Å². The lowest BCUT2D eigenvalue weighted by Gasteiger charge is -2.41. The molecular weight excluding hydrogens is 445 g/mol. The van der Waals surface area contributed by atoms with Crippen molar-refractivity contribution in [2.45, 2.75) is 57.5 Å². The molecule has 0 radical (unpaired) electrons. The third kappa shape index (κ3) is 5.74. The number of ketones is 1. The van der Waals surface area contributed by atoms with Crippen molar-refractivity contribution in [2.24, 2.45) is 0 Å². The minimum Gasteiger partial charge on any atom is -0.367 e. The Labute approximate surface area is 195 Å². The summed E-state index contributed by atoms with van der Waals surface area (Å²) in [7, 11) is -3.07. The number of anilines is 1. The molecule has 9 heteroatoms. The largest absolute Gasteiger partial charge is 0.367 e. The number of benzene rings is 1. The summed E-state index contributed by atoms with van der Waals surface area (Å²) < 4.78 is 38.7. The first kappa shape index (κ1) is 24.1.